The Morgan fingerprint density at radius 2 is 2.00 bits per heavy atom. The summed E-state index contributed by atoms with van der Waals surface area (Å²) in [5, 5.41) is 1.10. The zero-order valence-electron chi connectivity index (χ0n) is 9.78. The van der Waals surface area contributed by atoms with Gasteiger partial charge in [-0.05, 0) is 40.8 Å². The van der Waals surface area contributed by atoms with Crippen LogP contribution >= 0.6 is 22.6 Å². The van der Waals surface area contributed by atoms with E-state index in [0.717, 1.165) is 42.9 Å². The van der Waals surface area contributed by atoms with Gasteiger partial charge in [0.05, 0.1) is 24.4 Å². The highest BCUT2D eigenvalue weighted by molar-refractivity contribution is 14.1. The molecule has 0 amide bonds. The highest BCUT2D eigenvalue weighted by Gasteiger charge is 2.15. The summed E-state index contributed by atoms with van der Waals surface area (Å²) >= 11 is 2.29. The van der Waals surface area contributed by atoms with Gasteiger partial charge in [-0.3, -0.25) is 4.79 Å². The van der Waals surface area contributed by atoms with Crippen molar-refractivity contribution in [1.82, 2.24) is 4.98 Å². The van der Waals surface area contributed by atoms with E-state index >= 15 is 0 Å². The van der Waals surface area contributed by atoms with Gasteiger partial charge in [-0.1, -0.05) is 0 Å². The average molecular weight is 356 g/mol. The van der Waals surface area contributed by atoms with E-state index in [2.05, 4.69) is 38.5 Å². The highest BCUT2D eigenvalue weighted by atomic mass is 127. The average Bonchev–Trinajstić information content (AvgIpc) is 2.39. The van der Waals surface area contributed by atoms with Gasteiger partial charge in [0.25, 0.3) is 0 Å². The second-order valence-corrected chi connectivity index (χ2v) is 5.55. The largest absolute Gasteiger partial charge is 0.378 e. The van der Waals surface area contributed by atoms with Crippen molar-refractivity contribution in [3.63, 3.8) is 0 Å². The lowest BCUT2D eigenvalue weighted by atomic mass is 10.1. The predicted molar refractivity (Wildman–Crippen MR) is 80.3 cm³/mol. The third-order valence-electron chi connectivity index (χ3n) is 3.14. The first kappa shape index (κ1) is 12.0. The SMILES string of the molecule is O=c1cc(N2CCOCC2)c2cc(I)ccc2[nH]1. The zero-order valence-corrected chi connectivity index (χ0v) is 11.9. The van der Waals surface area contributed by atoms with Crippen molar-refractivity contribution in [3.8, 4) is 0 Å². The van der Waals surface area contributed by atoms with Crippen LogP contribution in [-0.4, -0.2) is 31.3 Å². The molecular weight excluding hydrogens is 343 g/mol. The molecule has 1 aliphatic heterocycles. The molecule has 1 aromatic carbocycles. The van der Waals surface area contributed by atoms with Gasteiger partial charge >= 0.3 is 0 Å². The number of fused-ring (bicyclic) bond motifs is 1. The van der Waals surface area contributed by atoms with Gasteiger partial charge in [-0.15, -0.1) is 0 Å². The number of ether oxygens (including phenoxy) is 1. The number of aromatic nitrogens is 1. The van der Waals surface area contributed by atoms with Gasteiger partial charge in [0.2, 0.25) is 5.56 Å². The Morgan fingerprint density at radius 1 is 1.22 bits per heavy atom. The number of aromatic amines is 1. The number of nitrogens with zero attached hydrogens (tertiary/aromatic N) is 1. The molecule has 0 unspecified atom stereocenters. The number of pyridine rings is 1. The Balaban J connectivity index is 2.19. The minimum Gasteiger partial charge on any atom is -0.378 e. The summed E-state index contributed by atoms with van der Waals surface area (Å²) < 4.78 is 6.53. The van der Waals surface area contributed by atoms with Crippen molar-refractivity contribution >= 4 is 39.2 Å². The van der Waals surface area contributed by atoms with Crippen LogP contribution in [0.1, 0.15) is 0 Å². The Morgan fingerprint density at radius 3 is 2.78 bits per heavy atom. The summed E-state index contributed by atoms with van der Waals surface area (Å²) in [7, 11) is 0. The number of hydrogen-bond donors (Lipinski definition) is 1. The van der Waals surface area contributed by atoms with E-state index < -0.39 is 0 Å². The van der Waals surface area contributed by atoms with Crippen LogP contribution in [0, 0.1) is 3.57 Å². The number of morpholine rings is 1. The lowest BCUT2D eigenvalue weighted by Crippen LogP contribution is -2.36. The summed E-state index contributed by atoms with van der Waals surface area (Å²) in [6, 6.07) is 7.75. The molecule has 1 aliphatic rings. The van der Waals surface area contributed by atoms with Gasteiger partial charge in [0, 0.05) is 28.1 Å². The Hall–Kier alpha value is -1.08. The summed E-state index contributed by atoms with van der Waals surface area (Å²) in [6.45, 7) is 3.12. The van der Waals surface area contributed by atoms with Crippen molar-refractivity contribution < 1.29 is 4.74 Å². The standard InChI is InChI=1S/C13H13IN2O2/c14-9-1-2-11-10(7-9)12(8-13(17)15-11)16-3-5-18-6-4-16/h1-2,7-8H,3-6H2,(H,15,17). The molecule has 0 atom stereocenters. The molecule has 1 N–H and O–H groups in total. The molecule has 2 heterocycles. The molecule has 4 nitrogen and oxygen atoms in total. The van der Waals surface area contributed by atoms with Crippen LogP contribution in [0.15, 0.2) is 29.1 Å². The molecule has 0 bridgehead atoms. The number of rotatable bonds is 1. The molecule has 2 aromatic rings. The van der Waals surface area contributed by atoms with Crippen LogP contribution < -0.4 is 10.5 Å². The van der Waals surface area contributed by atoms with Gasteiger partial charge < -0.3 is 14.6 Å². The van der Waals surface area contributed by atoms with Crippen LogP contribution in [0.5, 0.6) is 0 Å². The molecule has 0 saturated carbocycles. The van der Waals surface area contributed by atoms with Crippen LogP contribution in [0.25, 0.3) is 10.9 Å². The lowest BCUT2D eigenvalue weighted by Gasteiger charge is -2.29. The van der Waals surface area contributed by atoms with Crippen molar-refractivity contribution in [3.05, 3.63) is 38.2 Å². The number of nitrogens with one attached hydrogen (secondary N) is 1. The Labute approximate surface area is 118 Å². The van der Waals surface area contributed by atoms with Crippen LogP contribution in [0.2, 0.25) is 0 Å². The van der Waals surface area contributed by atoms with Crippen molar-refractivity contribution in [2.24, 2.45) is 0 Å². The third kappa shape index (κ3) is 2.24. The first-order chi connectivity index (χ1) is 8.74. The summed E-state index contributed by atoms with van der Waals surface area (Å²) in [5.74, 6) is 0. The number of halogens is 1. The molecule has 3 rings (SSSR count). The number of H-pyrrole nitrogens is 1. The molecular formula is C13H13IN2O2. The lowest BCUT2D eigenvalue weighted by molar-refractivity contribution is 0.123. The van der Waals surface area contributed by atoms with E-state index in [0.29, 0.717) is 0 Å². The topological polar surface area (TPSA) is 45.3 Å². The van der Waals surface area contributed by atoms with E-state index in [1.807, 2.05) is 12.1 Å². The molecule has 1 saturated heterocycles. The summed E-state index contributed by atoms with van der Waals surface area (Å²) in [5.41, 5.74) is 1.85. The molecule has 0 spiro atoms. The second-order valence-electron chi connectivity index (χ2n) is 4.31. The molecule has 5 heteroatoms. The van der Waals surface area contributed by atoms with Crippen molar-refractivity contribution in [2.45, 2.75) is 0 Å². The quantitative estimate of drug-likeness (QED) is 0.795. The molecule has 1 aromatic heterocycles. The monoisotopic (exact) mass is 356 g/mol. The van der Waals surface area contributed by atoms with Gasteiger partial charge in [0.1, 0.15) is 0 Å². The number of hydrogen-bond acceptors (Lipinski definition) is 3. The number of anilines is 1. The Bertz CT molecular complexity index is 632. The third-order valence-corrected chi connectivity index (χ3v) is 3.81. The fourth-order valence-corrected chi connectivity index (χ4v) is 2.77. The Kier molecular flexibility index (Phi) is 3.25. The maximum absolute atomic E-state index is 11.7. The second kappa shape index (κ2) is 4.89. The van der Waals surface area contributed by atoms with Crippen molar-refractivity contribution in [2.75, 3.05) is 31.2 Å². The highest BCUT2D eigenvalue weighted by Crippen LogP contribution is 2.26. The minimum atomic E-state index is -0.0507. The molecule has 0 radical (unpaired) electrons. The summed E-state index contributed by atoms with van der Waals surface area (Å²) in [6.07, 6.45) is 0. The molecule has 18 heavy (non-hydrogen) atoms. The molecule has 94 valence electrons. The normalized spacial score (nSPS) is 16.2. The maximum atomic E-state index is 11.7. The molecule has 0 aliphatic carbocycles. The van der Waals surface area contributed by atoms with Crippen molar-refractivity contribution in [1.29, 1.82) is 0 Å². The van der Waals surface area contributed by atoms with E-state index in [4.69, 9.17) is 4.74 Å². The zero-order chi connectivity index (χ0) is 12.5. The van der Waals surface area contributed by atoms with Crippen LogP contribution in [0.4, 0.5) is 5.69 Å². The van der Waals surface area contributed by atoms with E-state index in [1.165, 1.54) is 3.57 Å². The molecule has 1 fully saturated rings. The van der Waals surface area contributed by atoms with Gasteiger partial charge in [-0.25, -0.2) is 0 Å². The van der Waals surface area contributed by atoms with E-state index in [-0.39, 0.29) is 5.56 Å². The minimum absolute atomic E-state index is 0.0507. The number of benzene rings is 1. The first-order valence-corrected chi connectivity index (χ1v) is 6.97. The summed E-state index contributed by atoms with van der Waals surface area (Å²) in [4.78, 5) is 16.8. The van der Waals surface area contributed by atoms with Gasteiger partial charge in [0.15, 0.2) is 0 Å². The van der Waals surface area contributed by atoms with Crippen LogP contribution in [0.3, 0.4) is 0 Å². The fourth-order valence-electron chi connectivity index (χ4n) is 2.27. The van der Waals surface area contributed by atoms with E-state index in [1.54, 1.807) is 6.07 Å². The van der Waals surface area contributed by atoms with Crippen LogP contribution in [-0.2, 0) is 4.74 Å². The fraction of sp³-hybridized carbons (Fsp3) is 0.308. The van der Waals surface area contributed by atoms with Gasteiger partial charge in [-0.2, -0.15) is 0 Å². The van der Waals surface area contributed by atoms with E-state index in [9.17, 15) is 4.79 Å². The predicted octanol–water partition coefficient (Wildman–Crippen LogP) is 1.97. The maximum Gasteiger partial charge on any atom is 0.250 e. The first-order valence-electron chi connectivity index (χ1n) is 5.89. The smallest absolute Gasteiger partial charge is 0.250 e.